The molecule has 1 aromatic heterocycles. The van der Waals surface area contributed by atoms with Crippen molar-refractivity contribution in [2.24, 2.45) is 0 Å². The highest BCUT2D eigenvalue weighted by Crippen LogP contribution is 2.18. The number of aromatic nitrogens is 3. The Morgan fingerprint density at radius 2 is 2.25 bits per heavy atom. The van der Waals surface area contributed by atoms with Crippen molar-refractivity contribution in [2.75, 3.05) is 5.73 Å². The quantitative estimate of drug-likeness (QED) is 0.927. The zero-order valence-corrected chi connectivity index (χ0v) is 10.3. The predicted molar refractivity (Wildman–Crippen MR) is 62.6 cm³/mol. The minimum absolute atomic E-state index is 0.0849. The minimum Gasteiger partial charge on any atom is -0.366 e. The smallest absolute Gasteiger partial charge is 0.240 e. The molecule has 2 aromatic rings. The average molecular weight is 306 g/mol. The van der Waals surface area contributed by atoms with E-state index in [1.165, 1.54) is 6.07 Å². The van der Waals surface area contributed by atoms with Gasteiger partial charge in [0.1, 0.15) is 5.82 Å². The van der Waals surface area contributed by atoms with Crippen LogP contribution in [0.15, 0.2) is 22.9 Å². The molecule has 7 heteroatoms. The zero-order chi connectivity index (χ0) is 11.7. The van der Waals surface area contributed by atoms with E-state index in [1.807, 2.05) is 0 Å². The molecule has 0 unspecified atom stereocenters. The van der Waals surface area contributed by atoms with E-state index in [0.29, 0.717) is 11.3 Å². The SMILES string of the molecule is Nc1nc(Br)n(Cc2ccc(F)c(Cl)c2)n1. The van der Waals surface area contributed by atoms with Crippen molar-refractivity contribution in [1.29, 1.82) is 0 Å². The third-order valence-corrected chi connectivity index (χ3v) is 2.84. The van der Waals surface area contributed by atoms with E-state index in [9.17, 15) is 4.39 Å². The van der Waals surface area contributed by atoms with E-state index < -0.39 is 5.82 Å². The largest absolute Gasteiger partial charge is 0.366 e. The van der Waals surface area contributed by atoms with Crippen LogP contribution < -0.4 is 5.73 Å². The van der Waals surface area contributed by atoms with Crippen molar-refractivity contribution in [3.8, 4) is 0 Å². The molecule has 0 saturated heterocycles. The molecule has 16 heavy (non-hydrogen) atoms. The molecule has 0 aliphatic rings. The summed E-state index contributed by atoms with van der Waals surface area (Å²) in [5, 5.41) is 4.04. The molecule has 2 N–H and O–H groups in total. The van der Waals surface area contributed by atoms with Gasteiger partial charge in [-0.3, -0.25) is 0 Å². The molecule has 0 radical (unpaired) electrons. The Kier molecular flexibility index (Phi) is 3.11. The molecule has 0 aliphatic heterocycles. The number of rotatable bonds is 2. The van der Waals surface area contributed by atoms with Crippen molar-refractivity contribution < 1.29 is 4.39 Å². The van der Waals surface area contributed by atoms with E-state index in [0.717, 1.165) is 5.56 Å². The molecule has 0 spiro atoms. The highest BCUT2D eigenvalue weighted by Gasteiger charge is 2.06. The van der Waals surface area contributed by atoms with Gasteiger partial charge in [-0.25, -0.2) is 9.07 Å². The molecule has 0 bridgehead atoms. The Labute approximate surface area is 104 Å². The summed E-state index contributed by atoms with van der Waals surface area (Å²) >= 11 is 8.88. The molecular formula is C9H7BrClFN4. The van der Waals surface area contributed by atoms with Crippen molar-refractivity contribution >= 4 is 33.5 Å². The zero-order valence-electron chi connectivity index (χ0n) is 7.99. The van der Waals surface area contributed by atoms with E-state index in [-0.39, 0.29) is 11.0 Å². The number of nitrogen functional groups attached to an aromatic ring is 1. The third kappa shape index (κ3) is 2.33. The van der Waals surface area contributed by atoms with Gasteiger partial charge in [0, 0.05) is 0 Å². The molecule has 1 aromatic carbocycles. The van der Waals surface area contributed by atoms with E-state index >= 15 is 0 Å². The van der Waals surface area contributed by atoms with Gasteiger partial charge in [0.05, 0.1) is 11.6 Å². The average Bonchev–Trinajstić information content (AvgIpc) is 2.51. The monoisotopic (exact) mass is 304 g/mol. The minimum atomic E-state index is -0.442. The van der Waals surface area contributed by atoms with Crippen LogP contribution in [0, 0.1) is 5.82 Å². The topological polar surface area (TPSA) is 56.7 Å². The molecule has 1 heterocycles. The standard InChI is InChI=1S/C9H7BrClFN4/c10-8-14-9(13)15-16(8)4-5-1-2-7(12)6(11)3-5/h1-3H,4H2,(H2,13,15). The first-order valence-corrected chi connectivity index (χ1v) is 5.53. The Bertz CT molecular complexity index is 528. The maximum atomic E-state index is 12.9. The maximum Gasteiger partial charge on any atom is 0.240 e. The predicted octanol–water partition coefficient (Wildman–Crippen LogP) is 2.46. The molecule has 4 nitrogen and oxygen atoms in total. The lowest BCUT2D eigenvalue weighted by Crippen LogP contribution is -2.03. The normalized spacial score (nSPS) is 10.7. The van der Waals surface area contributed by atoms with Gasteiger partial charge in [-0.1, -0.05) is 17.7 Å². The summed E-state index contributed by atoms with van der Waals surface area (Å²) in [6, 6.07) is 4.48. The number of halogens is 3. The van der Waals surface area contributed by atoms with Crippen LogP contribution in [-0.4, -0.2) is 14.8 Å². The summed E-state index contributed by atoms with van der Waals surface area (Å²) in [6.07, 6.45) is 0. The third-order valence-electron chi connectivity index (χ3n) is 1.96. The molecule has 0 saturated carbocycles. The van der Waals surface area contributed by atoms with Crippen LogP contribution in [-0.2, 0) is 6.54 Å². The summed E-state index contributed by atoms with van der Waals surface area (Å²) in [4.78, 5) is 3.89. The van der Waals surface area contributed by atoms with Crippen LogP contribution in [0.2, 0.25) is 5.02 Å². The van der Waals surface area contributed by atoms with E-state index in [2.05, 4.69) is 26.0 Å². The molecule has 0 fully saturated rings. The second-order valence-corrected chi connectivity index (χ2v) is 4.26. The van der Waals surface area contributed by atoms with Gasteiger partial charge in [0.15, 0.2) is 4.73 Å². The Hall–Kier alpha value is -1.14. The first kappa shape index (κ1) is 11.3. The first-order valence-electron chi connectivity index (χ1n) is 4.36. The fourth-order valence-corrected chi connectivity index (χ4v) is 1.84. The fraction of sp³-hybridized carbons (Fsp3) is 0.111. The first-order chi connectivity index (χ1) is 7.56. The Morgan fingerprint density at radius 1 is 1.50 bits per heavy atom. The second kappa shape index (κ2) is 4.39. The number of nitrogens with zero attached hydrogens (tertiary/aromatic N) is 3. The van der Waals surface area contributed by atoms with Crippen LogP contribution in [0.3, 0.4) is 0 Å². The van der Waals surface area contributed by atoms with Gasteiger partial charge in [0.25, 0.3) is 0 Å². The molecule has 0 amide bonds. The Balaban J connectivity index is 2.27. The van der Waals surface area contributed by atoms with Crippen LogP contribution in [0.25, 0.3) is 0 Å². The lowest BCUT2D eigenvalue weighted by molar-refractivity contribution is 0.624. The van der Waals surface area contributed by atoms with Gasteiger partial charge >= 0.3 is 0 Å². The molecule has 0 atom stereocenters. The van der Waals surface area contributed by atoms with Crippen LogP contribution >= 0.6 is 27.5 Å². The van der Waals surface area contributed by atoms with E-state index in [1.54, 1.807) is 16.8 Å². The second-order valence-electron chi connectivity index (χ2n) is 3.15. The summed E-state index contributed by atoms with van der Waals surface area (Å²) in [6.45, 7) is 0.421. The molecule has 2 rings (SSSR count). The summed E-state index contributed by atoms with van der Waals surface area (Å²) < 4.78 is 15.0. The summed E-state index contributed by atoms with van der Waals surface area (Å²) in [5.74, 6) is -0.261. The molecular weight excluding hydrogens is 298 g/mol. The number of hydrogen-bond donors (Lipinski definition) is 1. The Morgan fingerprint density at radius 3 is 2.81 bits per heavy atom. The van der Waals surface area contributed by atoms with Crippen LogP contribution in [0.5, 0.6) is 0 Å². The molecule has 0 aliphatic carbocycles. The van der Waals surface area contributed by atoms with Crippen molar-refractivity contribution in [3.63, 3.8) is 0 Å². The lowest BCUT2D eigenvalue weighted by atomic mass is 10.2. The van der Waals surface area contributed by atoms with Crippen molar-refractivity contribution in [3.05, 3.63) is 39.3 Å². The van der Waals surface area contributed by atoms with Gasteiger partial charge in [0.2, 0.25) is 5.95 Å². The van der Waals surface area contributed by atoms with Gasteiger partial charge in [-0.15, -0.1) is 5.10 Å². The number of hydrogen-bond acceptors (Lipinski definition) is 3. The van der Waals surface area contributed by atoms with E-state index in [4.69, 9.17) is 17.3 Å². The lowest BCUT2D eigenvalue weighted by Gasteiger charge is -2.03. The summed E-state index contributed by atoms with van der Waals surface area (Å²) in [5.41, 5.74) is 6.24. The van der Waals surface area contributed by atoms with Gasteiger partial charge in [-0.05, 0) is 33.6 Å². The van der Waals surface area contributed by atoms with Crippen molar-refractivity contribution in [1.82, 2.24) is 14.8 Å². The number of anilines is 1. The number of nitrogens with two attached hydrogens (primary N) is 1. The highest BCUT2D eigenvalue weighted by molar-refractivity contribution is 9.10. The van der Waals surface area contributed by atoms with Crippen molar-refractivity contribution in [2.45, 2.75) is 6.54 Å². The fourth-order valence-electron chi connectivity index (χ4n) is 1.25. The van der Waals surface area contributed by atoms with Gasteiger partial charge < -0.3 is 5.73 Å². The van der Waals surface area contributed by atoms with Gasteiger partial charge in [-0.2, -0.15) is 4.98 Å². The van der Waals surface area contributed by atoms with Crippen LogP contribution in [0.1, 0.15) is 5.56 Å². The number of benzene rings is 1. The maximum absolute atomic E-state index is 12.9. The summed E-state index contributed by atoms with van der Waals surface area (Å²) in [7, 11) is 0. The highest BCUT2D eigenvalue weighted by atomic mass is 79.9. The van der Waals surface area contributed by atoms with Crippen LogP contribution in [0.4, 0.5) is 10.3 Å². The molecule has 84 valence electrons.